The number of amidine groups is 1. The fourth-order valence-corrected chi connectivity index (χ4v) is 1.64. The molecule has 4 heteroatoms. The molecule has 0 fully saturated rings. The first kappa shape index (κ1) is 11.9. The van der Waals surface area contributed by atoms with E-state index in [0.717, 1.165) is 11.1 Å². The molecule has 0 saturated carbocycles. The van der Waals surface area contributed by atoms with Crippen LogP contribution in [0.2, 0.25) is 0 Å². The van der Waals surface area contributed by atoms with Crippen LogP contribution in [0.15, 0.2) is 17.1 Å². The summed E-state index contributed by atoms with van der Waals surface area (Å²) in [4.78, 5) is 4.33. The lowest BCUT2D eigenvalue weighted by molar-refractivity contribution is 0.278. The number of benzene rings is 1. The molecule has 0 aromatic heterocycles. The van der Waals surface area contributed by atoms with Crippen LogP contribution >= 0.6 is 0 Å². The number of anilines is 1. The monoisotopic (exact) mass is 236 g/mol. The van der Waals surface area contributed by atoms with Crippen molar-refractivity contribution in [3.05, 3.63) is 29.1 Å². The fourth-order valence-electron chi connectivity index (χ4n) is 1.64. The predicted molar refractivity (Wildman–Crippen MR) is 67.0 cm³/mol. The number of aliphatic imine (C=N–C) groups is 1. The average molecular weight is 236 g/mol. The summed E-state index contributed by atoms with van der Waals surface area (Å²) in [7, 11) is 0. The molecular formula is C13H17FN2O. The number of rotatable bonds is 1. The summed E-state index contributed by atoms with van der Waals surface area (Å²) in [5.41, 5.74) is 2.14. The Bertz CT molecular complexity index is 481. The standard InChI is InChI=1S/C13H17FN2O/c1-8-5-10(14)11(6-9(8)2)15-12-16-13(3,4)7-17-12/h5-6H,7H2,1-4H3,(H,15,16). The molecule has 0 amide bonds. The van der Waals surface area contributed by atoms with E-state index in [4.69, 9.17) is 4.74 Å². The van der Waals surface area contributed by atoms with Gasteiger partial charge < -0.3 is 10.1 Å². The van der Waals surface area contributed by atoms with Gasteiger partial charge in [0, 0.05) is 0 Å². The summed E-state index contributed by atoms with van der Waals surface area (Å²) >= 11 is 0. The lowest BCUT2D eigenvalue weighted by atomic mass is 10.1. The van der Waals surface area contributed by atoms with E-state index in [1.54, 1.807) is 6.07 Å². The highest BCUT2D eigenvalue weighted by Crippen LogP contribution is 2.22. The Morgan fingerprint density at radius 3 is 2.53 bits per heavy atom. The van der Waals surface area contributed by atoms with Gasteiger partial charge in [-0.05, 0) is 51.0 Å². The second kappa shape index (κ2) is 4.02. The largest absolute Gasteiger partial charge is 0.462 e. The number of ether oxygens (including phenoxy) is 1. The quantitative estimate of drug-likeness (QED) is 0.813. The lowest BCUT2D eigenvalue weighted by Crippen LogP contribution is -2.17. The summed E-state index contributed by atoms with van der Waals surface area (Å²) in [5.74, 6) is -0.288. The van der Waals surface area contributed by atoms with E-state index in [1.807, 2.05) is 27.7 Å². The SMILES string of the molecule is Cc1cc(F)c(NC2=NC(C)(C)CO2)cc1C. The highest BCUT2D eigenvalue weighted by molar-refractivity contribution is 5.90. The van der Waals surface area contributed by atoms with E-state index in [-0.39, 0.29) is 11.4 Å². The molecule has 1 aliphatic heterocycles. The second-order valence-electron chi connectivity index (χ2n) is 5.06. The molecule has 0 radical (unpaired) electrons. The van der Waals surface area contributed by atoms with E-state index in [0.29, 0.717) is 18.3 Å². The van der Waals surface area contributed by atoms with E-state index in [9.17, 15) is 4.39 Å². The van der Waals surface area contributed by atoms with Crippen LogP contribution < -0.4 is 5.32 Å². The van der Waals surface area contributed by atoms with Gasteiger partial charge in [0.2, 0.25) is 0 Å². The molecule has 1 aromatic rings. The number of halogens is 1. The Labute approximate surface area is 101 Å². The maximum atomic E-state index is 13.7. The van der Waals surface area contributed by atoms with Crippen molar-refractivity contribution in [3.63, 3.8) is 0 Å². The number of nitrogens with zero attached hydrogens (tertiary/aromatic N) is 1. The van der Waals surface area contributed by atoms with Gasteiger partial charge >= 0.3 is 0 Å². The average Bonchev–Trinajstić information content (AvgIpc) is 2.54. The molecule has 2 rings (SSSR count). The van der Waals surface area contributed by atoms with E-state index in [2.05, 4.69) is 10.3 Å². The normalized spacial score (nSPS) is 17.6. The molecule has 1 aromatic carbocycles. The second-order valence-corrected chi connectivity index (χ2v) is 5.06. The van der Waals surface area contributed by atoms with Gasteiger partial charge in [0.05, 0.1) is 11.2 Å². The van der Waals surface area contributed by atoms with E-state index < -0.39 is 0 Å². The first-order valence-electron chi connectivity index (χ1n) is 5.64. The van der Waals surface area contributed by atoms with Crippen LogP contribution in [0.1, 0.15) is 25.0 Å². The van der Waals surface area contributed by atoms with Gasteiger partial charge in [-0.1, -0.05) is 0 Å². The maximum absolute atomic E-state index is 13.7. The highest BCUT2D eigenvalue weighted by atomic mass is 19.1. The van der Waals surface area contributed by atoms with Crippen molar-refractivity contribution in [3.8, 4) is 0 Å². The van der Waals surface area contributed by atoms with Crippen LogP contribution in [0.4, 0.5) is 10.1 Å². The van der Waals surface area contributed by atoms with Crippen LogP contribution in [0.25, 0.3) is 0 Å². The molecule has 0 atom stereocenters. The first-order chi connectivity index (χ1) is 7.87. The van der Waals surface area contributed by atoms with Crippen molar-refractivity contribution in [2.24, 2.45) is 4.99 Å². The summed E-state index contributed by atoms with van der Waals surface area (Å²) in [6.45, 7) is 8.29. The molecule has 92 valence electrons. The number of nitrogens with one attached hydrogen (secondary N) is 1. The summed E-state index contributed by atoms with van der Waals surface area (Å²) in [5, 5.41) is 2.89. The van der Waals surface area contributed by atoms with Gasteiger partial charge in [0.15, 0.2) is 0 Å². The molecule has 3 nitrogen and oxygen atoms in total. The van der Waals surface area contributed by atoms with Crippen molar-refractivity contribution >= 4 is 11.7 Å². The summed E-state index contributed by atoms with van der Waals surface area (Å²) in [6, 6.07) is 3.66. The van der Waals surface area contributed by atoms with Gasteiger partial charge in [-0.3, -0.25) is 0 Å². The number of hydrogen-bond acceptors (Lipinski definition) is 3. The third-order valence-corrected chi connectivity index (χ3v) is 2.79. The molecule has 17 heavy (non-hydrogen) atoms. The van der Waals surface area contributed by atoms with Crippen LogP contribution in [-0.4, -0.2) is 18.2 Å². The molecule has 0 saturated heterocycles. The zero-order valence-electron chi connectivity index (χ0n) is 10.6. The maximum Gasteiger partial charge on any atom is 0.290 e. The van der Waals surface area contributed by atoms with Gasteiger partial charge in [0.1, 0.15) is 12.4 Å². The Balaban J connectivity index is 2.23. The van der Waals surface area contributed by atoms with Crippen LogP contribution in [-0.2, 0) is 4.74 Å². The minimum absolute atomic E-state index is 0.238. The van der Waals surface area contributed by atoms with Gasteiger partial charge in [-0.15, -0.1) is 0 Å². The Kier molecular flexibility index (Phi) is 2.81. The third-order valence-electron chi connectivity index (χ3n) is 2.79. The molecule has 1 N–H and O–H groups in total. The van der Waals surface area contributed by atoms with Crippen molar-refractivity contribution in [2.45, 2.75) is 33.2 Å². The number of aryl methyl sites for hydroxylation is 2. The summed E-state index contributed by atoms with van der Waals surface area (Å²) < 4.78 is 19.1. The first-order valence-corrected chi connectivity index (χ1v) is 5.64. The smallest absolute Gasteiger partial charge is 0.290 e. The molecular weight excluding hydrogens is 219 g/mol. The van der Waals surface area contributed by atoms with Crippen molar-refractivity contribution < 1.29 is 9.13 Å². The predicted octanol–water partition coefficient (Wildman–Crippen LogP) is 3.02. The van der Waals surface area contributed by atoms with Crippen molar-refractivity contribution in [1.82, 2.24) is 0 Å². The Morgan fingerprint density at radius 2 is 1.94 bits per heavy atom. The van der Waals surface area contributed by atoms with E-state index in [1.165, 1.54) is 6.07 Å². The molecule has 0 unspecified atom stereocenters. The molecule has 0 aliphatic carbocycles. The Hall–Kier alpha value is -1.58. The van der Waals surface area contributed by atoms with E-state index >= 15 is 0 Å². The highest BCUT2D eigenvalue weighted by Gasteiger charge is 2.26. The van der Waals surface area contributed by atoms with Crippen molar-refractivity contribution in [1.29, 1.82) is 0 Å². The Morgan fingerprint density at radius 1 is 1.29 bits per heavy atom. The minimum Gasteiger partial charge on any atom is -0.462 e. The molecule has 0 bridgehead atoms. The lowest BCUT2D eigenvalue weighted by Gasteiger charge is -2.09. The molecule has 0 spiro atoms. The third kappa shape index (κ3) is 2.57. The fraction of sp³-hybridized carbons (Fsp3) is 0.462. The topological polar surface area (TPSA) is 33.6 Å². The van der Waals surface area contributed by atoms with Crippen LogP contribution in [0, 0.1) is 19.7 Å². The van der Waals surface area contributed by atoms with Gasteiger partial charge in [-0.2, -0.15) is 0 Å². The molecule has 1 heterocycles. The number of hydrogen-bond donors (Lipinski definition) is 1. The van der Waals surface area contributed by atoms with Crippen molar-refractivity contribution in [2.75, 3.05) is 11.9 Å². The zero-order chi connectivity index (χ0) is 12.6. The zero-order valence-corrected chi connectivity index (χ0v) is 10.6. The van der Waals surface area contributed by atoms with Crippen LogP contribution in [0.5, 0.6) is 0 Å². The van der Waals surface area contributed by atoms with Crippen LogP contribution in [0.3, 0.4) is 0 Å². The minimum atomic E-state index is -0.288. The van der Waals surface area contributed by atoms with Gasteiger partial charge in [0.25, 0.3) is 6.02 Å². The van der Waals surface area contributed by atoms with Gasteiger partial charge in [-0.25, -0.2) is 9.38 Å². The summed E-state index contributed by atoms with van der Waals surface area (Å²) in [6.07, 6.45) is 0. The molecule has 1 aliphatic rings.